The topological polar surface area (TPSA) is 60.6 Å². The third-order valence-corrected chi connectivity index (χ3v) is 3.24. The minimum Gasteiger partial charge on any atom is -0.595 e. The molecular formula is C17H14N2O2. The number of benzene rings is 2. The van der Waals surface area contributed by atoms with Crippen molar-refractivity contribution in [3.8, 4) is 0 Å². The van der Waals surface area contributed by atoms with Gasteiger partial charge in [-0.15, -0.1) is 0 Å². The highest BCUT2D eigenvalue weighted by atomic mass is 16.8. The summed E-state index contributed by atoms with van der Waals surface area (Å²) in [5.41, 5.74) is 2.68. The molecule has 1 aromatic heterocycles. The molecule has 3 rings (SSSR count). The Morgan fingerprint density at radius 2 is 1.67 bits per heavy atom. The minimum absolute atomic E-state index is 0.287. The number of quaternary nitrogens is 1. The Morgan fingerprint density at radius 1 is 0.905 bits per heavy atom. The molecular weight excluding hydrogens is 264 g/mol. The van der Waals surface area contributed by atoms with Crippen LogP contribution in [0.3, 0.4) is 0 Å². The Labute approximate surface area is 122 Å². The Balaban J connectivity index is 1.94. The molecule has 0 saturated heterocycles. The Kier molecular flexibility index (Phi) is 3.75. The van der Waals surface area contributed by atoms with Gasteiger partial charge in [0, 0.05) is 17.0 Å². The van der Waals surface area contributed by atoms with E-state index in [2.05, 4.69) is 4.98 Å². The van der Waals surface area contributed by atoms with Crippen LogP contribution in [0.5, 0.6) is 0 Å². The van der Waals surface area contributed by atoms with Crippen molar-refractivity contribution in [1.82, 2.24) is 4.98 Å². The molecule has 1 heterocycles. The van der Waals surface area contributed by atoms with Gasteiger partial charge in [0.2, 0.25) is 0 Å². The fourth-order valence-corrected chi connectivity index (χ4v) is 2.19. The highest BCUT2D eigenvalue weighted by molar-refractivity contribution is 5.81. The van der Waals surface area contributed by atoms with Crippen molar-refractivity contribution in [1.29, 1.82) is 0 Å². The molecule has 0 aliphatic heterocycles. The maximum absolute atomic E-state index is 11.2. The number of hydrogen-bond donors (Lipinski definition) is 2. The molecule has 0 aliphatic rings. The Morgan fingerprint density at radius 3 is 2.52 bits per heavy atom. The second-order valence-corrected chi connectivity index (χ2v) is 4.65. The maximum atomic E-state index is 11.2. The van der Waals surface area contributed by atoms with Crippen LogP contribution in [0.1, 0.15) is 11.3 Å². The zero-order chi connectivity index (χ0) is 14.7. The molecule has 0 amide bonds. The van der Waals surface area contributed by atoms with Crippen molar-refractivity contribution in [2.24, 2.45) is 0 Å². The number of pyridine rings is 1. The van der Waals surface area contributed by atoms with Gasteiger partial charge < -0.3 is 5.21 Å². The molecule has 0 bridgehead atoms. The molecule has 0 saturated carbocycles. The standard InChI is InChI=1S/C17H14N2O2/c20-19(21)17-8-4-2-6-14(17)10-12-15-11-9-13-5-1-3-7-16(13)18-15/h1-12,19-20H. The molecule has 0 spiro atoms. The van der Waals surface area contributed by atoms with Crippen LogP contribution in [0.2, 0.25) is 0 Å². The van der Waals surface area contributed by atoms with Crippen molar-refractivity contribution in [3.63, 3.8) is 0 Å². The Bertz CT molecular complexity index is 797. The number of nitrogens with one attached hydrogen (secondary N) is 1. The molecule has 1 unspecified atom stereocenters. The first-order chi connectivity index (χ1) is 10.2. The van der Waals surface area contributed by atoms with Crippen LogP contribution in [0, 0.1) is 5.21 Å². The summed E-state index contributed by atoms with van der Waals surface area (Å²) in [4.78, 5) is 4.53. The predicted molar refractivity (Wildman–Crippen MR) is 82.9 cm³/mol. The van der Waals surface area contributed by atoms with Crippen LogP contribution in [0.15, 0.2) is 60.7 Å². The number of rotatable bonds is 3. The van der Waals surface area contributed by atoms with Crippen LogP contribution in [0.4, 0.5) is 5.69 Å². The second kappa shape index (κ2) is 5.85. The van der Waals surface area contributed by atoms with Crippen LogP contribution in [-0.4, -0.2) is 10.2 Å². The van der Waals surface area contributed by atoms with Gasteiger partial charge in [-0.3, -0.25) is 0 Å². The average Bonchev–Trinajstić information content (AvgIpc) is 2.53. The van der Waals surface area contributed by atoms with Crippen LogP contribution in [0.25, 0.3) is 23.1 Å². The quantitative estimate of drug-likeness (QED) is 0.724. The van der Waals surface area contributed by atoms with Crippen molar-refractivity contribution in [3.05, 3.63) is 77.1 Å². The fraction of sp³-hybridized carbons (Fsp3) is 0. The first kappa shape index (κ1) is 13.5. The molecule has 1 atom stereocenters. The predicted octanol–water partition coefficient (Wildman–Crippen LogP) is 2.81. The van der Waals surface area contributed by atoms with Gasteiger partial charge in [-0.25, -0.2) is 10.2 Å². The van der Waals surface area contributed by atoms with Crippen molar-refractivity contribution >= 4 is 28.7 Å². The van der Waals surface area contributed by atoms with Crippen molar-refractivity contribution < 1.29 is 10.4 Å². The van der Waals surface area contributed by atoms with E-state index in [1.807, 2.05) is 48.5 Å². The van der Waals surface area contributed by atoms with Crippen LogP contribution in [-0.2, 0) is 0 Å². The summed E-state index contributed by atoms with van der Waals surface area (Å²) >= 11 is 0. The summed E-state index contributed by atoms with van der Waals surface area (Å²) in [6.45, 7) is 0. The molecule has 0 aliphatic carbocycles. The van der Waals surface area contributed by atoms with E-state index in [4.69, 9.17) is 5.21 Å². The van der Waals surface area contributed by atoms with E-state index in [0.717, 1.165) is 16.6 Å². The smallest absolute Gasteiger partial charge is 0.171 e. The molecule has 2 N–H and O–H groups in total. The van der Waals surface area contributed by atoms with E-state index in [1.165, 1.54) is 0 Å². The average molecular weight is 278 g/mol. The Hall–Kier alpha value is -2.53. The zero-order valence-electron chi connectivity index (χ0n) is 11.2. The second-order valence-electron chi connectivity index (χ2n) is 4.65. The first-order valence-electron chi connectivity index (χ1n) is 6.60. The van der Waals surface area contributed by atoms with Gasteiger partial charge in [-0.1, -0.05) is 36.4 Å². The van der Waals surface area contributed by atoms with Gasteiger partial charge in [0.05, 0.1) is 11.2 Å². The molecule has 2 aromatic carbocycles. The largest absolute Gasteiger partial charge is 0.595 e. The lowest BCUT2D eigenvalue weighted by Gasteiger charge is -2.13. The lowest BCUT2D eigenvalue weighted by molar-refractivity contribution is -0.991. The number of fused-ring (bicyclic) bond motifs is 1. The van der Waals surface area contributed by atoms with Crippen molar-refractivity contribution in [2.45, 2.75) is 0 Å². The third kappa shape index (κ3) is 2.98. The molecule has 4 nitrogen and oxygen atoms in total. The molecule has 104 valence electrons. The summed E-state index contributed by atoms with van der Waals surface area (Å²) in [5, 5.41) is 20.5. The van der Waals surface area contributed by atoms with Crippen molar-refractivity contribution in [2.75, 3.05) is 0 Å². The minimum atomic E-state index is -0.929. The molecule has 4 heteroatoms. The van der Waals surface area contributed by atoms with E-state index < -0.39 is 5.23 Å². The van der Waals surface area contributed by atoms with E-state index in [9.17, 15) is 5.21 Å². The number of hydrogen-bond acceptors (Lipinski definition) is 3. The highest BCUT2D eigenvalue weighted by Gasteiger charge is 2.04. The van der Waals surface area contributed by atoms with Crippen LogP contribution < -0.4 is 5.23 Å². The van der Waals surface area contributed by atoms with Gasteiger partial charge in [0.25, 0.3) is 0 Å². The van der Waals surface area contributed by atoms with E-state index in [-0.39, 0.29) is 5.69 Å². The summed E-state index contributed by atoms with van der Waals surface area (Å²) in [6.07, 6.45) is 3.61. The molecule has 3 aromatic rings. The van der Waals surface area contributed by atoms with E-state index in [0.29, 0.717) is 5.56 Å². The van der Waals surface area contributed by atoms with Gasteiger partial charge in [-0.2, -0.15) is 5.23 Å². The monoisotopic (exact) mass is 278 g/mol. The molecule has 0 fully saturated rings. The number of para-hydroxylation sites is 2. The summed E-state index contributed by atoms with van der Waals surface area (Å²) in [6, 6.07) is 18.7. The summed E-state index contributed by atoms with van der Waals surface area (Å²) in [7, 11) is 0. The third-order valence-electron chi connectivity index (χ3n) is 3.24. The van der Waals surface area contributed by atoms with Gasteiger partial charge in [-0.05, 0) is 30.4 Å². The van der Waals surface area contributed by atoms with Gasteiger partial charge in [0.15, 0.2) is 5.69 Å². The first-order valence-corrected chi connectivity index (χ1v) is 6.60. The lowest BCUT2D eigenvalue weighted by atomic mass is 10.1. The SMILES string of the molecule is [O-][NH+](O)c1ccccc1C=Cc1ccc2ccccc2n1. The normalized spacial score (nSPS) is 12.9. The number of aromatic nitrogens is 1. The lowest BCUT2D eigenvalue weighted by Crippen LogP contribution is -2.99. The number of nitrogens with zero attached hydrogens (tertiary/aromatic N) is 1. The maximum Gasteiger partial charge on any atom is 0.171 e. The van der Waals surface area contributed by atoms with E-state index >= 15 is 0 Å². The van der Waals surface area contributed by atoms with Crippen LogP contribution >= 0.6 is 0 Å². The van der Waals surface area contributed by atoms with Gasteiger partial charge in [0.1, 0.15) is 0 Å². The zero-order valence-corrected chi connectivity index (χ0v) is 11.2. The van der Waals surface area contributed by atoms with E-state index in [1.54, 1.807) is 24.3 Å². The molecule has 0 radical (unpaired) electrons. The molecule has 21 heavy (non-hydrogen) atoms. The summed E-state index contributed by atoms with van der Waals surface area (Å²) in [5.74, 6) is 0. The fourth-order valence-electron chi connectivity index (χ4n) is 2.19. The van der Waals surface area contributed by atoms with Gasteiger partial charge >= 0.3 is 0 Å². The highest BCUT2D eigenvalue weighted by Crippen LogP contribution is 2.16. The summed E-state index contributed by atoms with van der Waals surface area (Å²) < 4.78 is 0.